The Balaban J connectivity index is 2.08. The van der Waals surface area contributed by atoms with Crippen LogP contribution in [0.2, 0.25) is 0 Å². The Morgan fingerprint density at radius 2 is 2.43 bits per heavy atom. The summed E-state index contributed by atoms with van der Waals surface area (Å²) in [5, 5.41) is 2.19. The van der Waals surface area contributed by atoms with Gasteiger partial charge in [0, 0.05) is 6.42 Å². The first-order valence-corrected chi connectivity index (χ1v) is 2.11. The van der Waals surface area contributed by atoms with Crippen molar-refractivity contribution < 1.29 is 9.18 Å². The number of amides is 1. The third-order valence-electron chi connectivity index (χ3n) is 0.957. The van der Waals surface area contributed by atoms with Crippen LogP contribution in [0.15, 0.2) is 0 Å². The van der Waals surface area contributed by atoms with E-state index in [2.05, 4.69) is 5.32 Å². The smallest absolute Gasteiger partial charge is 0.309 e. The topological polar surface area (TPSA) is 29.1 Å². The molecular formula is C4H5FNO. The highest BCUT2D eigenvalue weighted by Gasteiger charge is 2.36. The highest BCUT2D eigenvalue weighted by atomic mass is 19.1. The lowest BCUT2D eigenvalue weighted by Gasteiger charge is -1.82. The van der Waals surface area contributed by atoms with Gasteiger partial charge in [-0.15, -0.1) is 0 Å². The normalized spacial score (nSPS) is 37.3. The van der Waals surface area contributed by atoms with Gasteiger partial charge < -0.3 is 5.32 Å². The predicted octanol–water partition coefficient (Wildman–Crippen LogP) is -0.246. The van der Waals surface area contributed by atoms with Crippen molar-refractivity contribution in [1.82, 2.24) is 5.32 Å². The van der Waals surface area contributed by atoms with Crippen LogP contribution in [0, 0.1) is 0 Å². The number of carbonyl (C=O) groups excluding carboxylic acids is 1. The van der Waals surface area contributed by atoms with Crippen molar-refractivity contribution in [3.8, 4) is 0 Å². The van der Waals surface area contributed by atoms with Crippen LogP contribution in [0.1, 0.15) is 6.42 Å². The van der Waals surface area contributed by atoms with Crippen molar-refractivity contribution in [3.63, 3.8) is 0 Å². The molecule has 0 heterocycles. The monoisotopic (exact) mass is 102 g/mol. The molecule has 1 amide bonds. The van der Waals surface area contributed by atoms with Crippen LogP contribution in [-0.2, 0) is 4.79 Å². The van der Waals surface area contributed by atoms with Gasteiger partial charge in [0.1, 0.15) is 6.17 Å². The highest BCUT2D eigenvalue weighted by molar-refractivity contribution is 5.48. The quantitative estimate of drug-likeness (QED) is 0.479. The number of alkyl halides is 1. The second-order valence-electron chi connectivity index (χ2n) is 1.60. The molecule has 7 heavy (non-hydrogen) atoms. The van der Waals surface area contributed by atoms with Gasteiger partial charge in [0.25, 0.3) is 0 Å². The molecule has 1 rings (SSSR count). The highest BCUT2D eigenvalue weighted by Crippen LogP contribution is 2.23. The molecule has 1 aliphatic rings. The van der Waals surface area contributed by atoms with Gasteiger partial charge in [-0.05, 0) is 0 Å². The average Bonchev–Trinajstić information content (AvgIpc) is 2.22. The molecular weight excluding hydrogens is 97.0 g/mol. The molecule has 0 aromatic heterocycles. The van der Waals surface area contributed by atoms with Gasteiger partial charge in [0.2, 0.25) is 0 Å². The summed E-state index contributed by atoms with van der Waals surface area (Å²) in [5.74, 6) is 0. The largest absolute Gasteiger partial charge is 0.342 e. The molecule has 0 aliphatic heterocycles. The summed E-state index contributed by atoms with van der Waals surface area (Å²) in [4.78, 5) is 9.40. The maximum atomic E-state index is 11.7. The van der Waals surface area contributed by atoms with Crippen molar-refractivity contribution in [2.45, 2.75) is 18.6 Å². The van der Waals surface area contributed by atoms with E-state index in [1.807, 2.05) is 0 Å². The standard InChI is InChI=1S/C4H5FNO/c5-3-1-4(3)6-2-7/h3-4H,1H2,(H,6,7)/t3-,4+/m1/s1. The molecule has 1 saturated carbocycles. The third kappa shape index (κ3) is 0.885. The summed E-state index contributed by atoms with van der Waals surface area (Å²) in [7, 11) is 0. The molecule has 0 spiro atoms. The molecule has 0 aromatic rings. The number of hydrogen-bond acceptors (Lipinski definition) is 1. The molecule has 1 N–H and O–H groups in total. The van der Waals surface area contributed by atoms with Crippen molar-refractivity contribution >= 4 is 6.41 Å². The molecule has 39 valence electrons. The Morgan fingerprint density at radius 3 is 2.57 bits per heavy atom. The maximum absolute atomic E-state index is 11.7. The molecule has 0 aromatic carbocycles. The zero-order chi connectivity index (χ0) is 5.28. The lowest BCUT2D eigenvalue weighted by molar-refractivity contribution is 0.455. The zero-order valence-electron chi connectivity index (χ0n) is 3.65. The first-order chi connectivity index (χ1) is 3.34. The van der Waals surface area contributed by atoms with Gasteiger partial charge >= 0.3 is 6.41 Å². The van der Waals surface area contributed by atoms with E-state index in [9.17, 15) is 9.18 Å². The van der Waals surface area contributed by atoms with Gasteiger partial charge in [0.15, 0.2) is 0 Å². The first kappa shape index (κ1) is 4.56. The summed E-state index contributed by atoms with van der Waals surface area (Å²) in [6.45, 7) is 0. The zero-order valence-corrected chi connectivity index (χ0v) is 3.65. The SMILES string of the molecule is O=[C]N[C@H]1C[C@H]1F. The van der Waals surface area contributed by atoms with Crippen molar-refractivity contribution in [2.24, 2.45) is 0 Å². The molecule has 3 heteroatoms. The minimum Gasteiger partial charge on any atom is -0.342 e. The van der Waals surface area contributed by atoms with E-state index in [0.717, 1.165) is 0 Å². The van der Waals surface area contributed by atoms with E-state index in [4.69, 9.17) is 0 Å². The molecule has 1 radical (unpaired) electrons. The van der Waals surface area contributed by atoms with Crippen LogP contribution in [0.25, 0.3) is 0 Å². The van der Waals surface area contributed by atoms with E-state index in [1.54, 1.807) is 0 Å². The third-order valence-corrected chi connectivity index (χ3v) is 0.957. The van der Waals surface area contributed by atoms with Crippen LogP contribution in [0.5, 0.6) is 0 Å². The number of rotatable bonds is 2. The van der Waals surface area contributed by atoms with Gasteiger partial charge in [-0.3, -0.25) is 4.79 Å². The molecule has 0 saturated heterocycles. The predicted molar refractivity (Wildman–Crippen MR) is 22.1 cm³/mol. The summed E-state index contributed by atoms with van der Waals surface area (Å²) in [5.41, 5.74) is 0. The average molecular weight is 102 g/mol. The Bertz CT molecular complexity index is 85.8. The second kappa shape index (κ2) is 1.48. The Hall–Kier alpha value is -0.600. The molecule has 0 bridgehead atoms. The summed E-state index contributed by atoms with van der Waals surface area (Å²) in [6.07, 6.45) is 1.08. The minimum absolute atomic E-state index is 0.225. The Kier molecular flexibility index (Phi) is 0.964. The minimum atomic E-state index is -0.804. The summed E-state index contributed by atoms with van der Waals surface area (Å²) in [6, 6.07) is -0.225. The van der Waals surface area contributed by atoms with Crippen LogP contribution >= 0.6 is 0 Å². The van der Waals surface area contributed by atoms with Crippen LogP contribution in [-0.4, -0.2) is 18.6 Å². The van der Waals surface area contributed by atoms with Crippen molar-refractivity contribution in [1.29, 1.82) is 0 Å². The van der Waals surface area contributed by atoms with Gasteiger partial charge in [-0.1, -0.05) is 0 Å². The Labute approximate surface area is 40.7 Å². The van der Waals surface area contributed by atoms with E-state index in [1.165, 1.54) is 6.41 Å². The van der Waals surface area contributed by atoms with E-state index < -0.39 is 6.17 Å². The molecule has 2 atom stereocenters. The maximum Gasteiger partial charge on any atom is 0.309 e. The Morgan fingerprint density at radius 1 is 1.86 bits per heavy atom. The molecule has 1 aliphatic carbocycles. The fraction of sp³-hybridized carbons (Fsp3) is 0.750. The van der Waals surface area contributed by atoms with Gasteiger partial charge in [0.05, 0.1) is 6.04 Å². The van der Waals surface area contributed by atoms with Gasteiger partial charge in [-0.25, -0.2) is 4.39 Å². The van der Waals surface area contributed by atoms with Crippen LogP contribution in [0.4, 0.5) is 4.39 Å². The summed E-state index contributed by atoms with van der Waals surface area (Å²) < 4.78 is 11.7. The van der Waals surface area contributed by atoms with E-state index in [0.29, 0.717) is 6.42 Å². The fourth-order valence-corrected chi connectivity index (χ4v) is 0.389. The lowest BCUT2D eigenvalue weighted by Crippen LogP contribution is -2.15. The number of halogens is 1. The van der Waals surface area contributed by atoms with E-state index >= 15 is 0 Å². The fourth-order valence-electron chi connectivity index (χ4n) is 0.389. The van der Waals surface area contributed by atoms with Crippen LogP contribution in [0.3, 0.4) is 0 Å². The van der Waals surface area contributed by atoms with Crippen molar-refractivity contribution in [3.05, 3.63) is 0 Å². The molecule has 0 unspecified atom stereocenters. The van der Waals surface area contributed by atoms with E-state index in [-0.39, 0.29) is 6.04 Å². The first-order valence-electron chi connectivity index (χ1n) is 2.11. The van der Waals surface area contributed by atoms with Gasteiger partial charge in [-0.2, -0.15) is 0 Å². The molecule has 1 fully saturated rings. The summed E-state index contributed by atoms with van der Waals surface area (Å²) >= 11 is 0. The lowest BCUT2D eigenvalue weighted by atomic mass is 10.7. The molecule has 2 nitrogen and oxygen atoms in total. The number of hydrogen-bond donors (Lipinski definition) is 1. The second-order valence-corrected chi connectivity index (χ2v) is 1.60. The number of nitrogens with one attached hydrogen (secondary N) is 1. The van der Waals surface area contributed by atoms with Crippen molar-refractivity contribution in [2.75, 3.05) is 0 Å². The van der Waals surface area contributed by atoms with Crippen LogP contribution < -0.4 is 5.32 Å².